The van der Waals surface area contributed by atoms with Crippen LogP contribution in [0.5, 0.6) is 11.5 Å². The Morgan fingerprint density at radius 1 is 1.06 bits per heavy atom. The Morgan fingerprint density at radius 3 is 2.67 bits per heavy atom. The Balaban J connectivity index is 1.35. The lowest BCUT2D eigenvalue weighted by atomic mass is 9.98. The van der Waals surface area contributed by atoms with Crippen molar-refractivity contribution in [2.75, 3.05) is 39.6 Å². The fourth-order valence-corrected chi connectivity index (χ4v) is 6.52. The number of nitrogens with zero attached hydrogens (tertiary/aromatic N) is 1. The SMILES string of the molecule is COc1ccc2c(OC3=CC(C)C(OCCN4CCCCC4)C=C3)c(-c3ccc(SC)s3)ccc2c1. The van der Waals surface area contributed by atoms with Crippen LogP contribution in [-0.2, 0) is 4.74 Å². The van der Waals surface area contributed by atoms with Gasteiger partial charge in [-0.15, -0.1) is 23.1 Å². The van der Waals surface area contributed by atoms with Gasteiger partial charge in [0, 0.05) is 28.3 Å². The highest BCUT2D eigenvalue weighted by Crippen LogP contribution is 2.43. The maximum Gasteiger partial charge on any atom is 0.143 e. The molecule has 0 spiro atoms. The van der Waals surface area contributed by atoms with Gasteiger partial charge >= 0.3 is 0 Å². The summed E-state index contributed by atoms with van der Waals surface area (Å²) in [6, 6.07) is 14.8. The lowest BCUT2D eigenvalue weighted by Crippen LogP contribution is -2.34. The van der Waals surface area contributed by atoms with Gasteiger partial charge in [-0.2, -0.15) is 0 Å². The van der Waals surface area contributed by atoms with Gasteiger partial charge in [0.15, 0.2) is 0 Å². The first-order chi connectivity index (χ1) is 17.6. The highest BCUT2D eigenvalue weighted by atomic mass is 32.2. The average Bonchev–Trinajstić information content (AvgIpc) is 3.39. The Labute approximate surface area is 222 Å². The largest absolute Gasteiger partial charge is 0.497 e. The molecule has 2 heterocycles. The predicted molar refractivity (Wildman–Crippen MR) is 153 cm³/mol. The number of hydrogen-bond acceptors (Lipinski definition) is 6. The van der Waals surface area contributed by atoms with Gasteiger partial charge in [0.1, 0.15) is 17.3 Å². The van der Waals surface area contributed by atoms with Crippen LogP contribution in [0.15, 0.2) is 70.7 Å². The summed E-state index contributed by atoms with van der Waals surface area (Å²) in [7, 11) is 1.70. The molecule has 2 unspecified atom stereocenters. The number of methoxy groups -OCH3 is 1. The number of piperidine rings is 1. The van der Waals surface area contributed by atoms with Crippen molar-refractivity contribution in [2.45, 2.75) is 36.5 Å². The number of ether oxygens (including phenoxy) is 3. The Hall–Kier alpha value is -2.25. The summed E-state index contributed by atoms with van der Waals surface area (Å²) >= 11 is 3.57. The highest BCUT2D eigenvalue weighted by molar-refractivity contribution is 8.00. The molecule has 1 fully saturated rings. The molecule has 4 nitrogen and oxygen atoms in total. The minimum atomic E-state index is 0.0832. The molecule has 1 aliphatic carbocycles. The lowest BCUT2D eigenvalue weighted by molar-refractivity contribution is 0.0407. The Bertz CT molecular complexity index is 1240. The Morgan fingerprint density at radius 2 is 1.92 bits per heavy atom. The lowest BCUT2D eigenvalue weighted by Gasteiger charge is -2.28. The fraction of sp³-hybridized carbons (Fsp3) is 0.400. The van der Waals surface area contributed by atoms with Crippen LogP contribution in [0.25, 0.3) is 21.2 Å². The number of hydrogen-bond donors (Lipinski definition) is 0. The maximum absolute atomic E-state index is 6.66. The van der Waals surface area contributed by atoms with Crippen molar-refractivity contribution in [1.82, 2.24) is 4.90 Å². The van der Waals surface area contributed by atoms with Crippen LogP contribution in [0, 0.1) is 5.92 Å². The third kappa shape index (κ3) is 5.83. The van der Waals surface area contributed by atoms with Gasteiger partial charge < -0.3 is 19.1 Å². The van der Waals surface area contributed by atoms with Crippen LogP contribution in [0.4, 0.5) is 0 Å². The number of thioether (sulfide) groups is 1. The number of fused-ring (bicyclic) bond motifs is 1. The first-order valence-electron chi connectivity index (χ1n) is 12.8. The third-order valence-electron chi connectivity index (χ3n) is 7.01. The van der Waals surface area contributed by atoms with Crippen LogP contribution < -0.4 is 9.47 Å². The summed E-state index contributed by atoms with van der Waals surface area (Å²) in [5.41, 5.74) is 1.11. The molecule has 6 heteroatoms. The molecule has 1 aliphatic heterocycles. The molecule has 2 aromatic carbocycles. The molecule has 0 bridgehead atoms. The molecule has 0 saturated carbocycles. The number of thiophene rings is 1. The van der Waals surface area contributed by atoms with Crippen LogP contribution in [0.2, 0.25) is 0 Å². The van der Waals surface area contributed by atoms with E-state index in [0.717, 1.165) is 46.7 Å². The normalized spacial score (nSPS) is 20.5. The molecule has 36 heavy (non-hydrogen) atoms. The molecule has 2 aliphatic rings. The fourth-order valence-electron chi connectivity index (χ4n) is 4.95. The second-order valence-electron chi connectivity index (χ2n) is 9.48. The number of benzene rings is 2. The van der Waals surface area contributed by atoms with Crippen LogP contribution >= 0.6 is 23.1 Å². The van der Waals surface area contributed by atoms with Gasteiger partial charge in [-0.05, 0) is 86.1 Å². The van der Waals surface area contributed by atoms with E-state index in [4.69, 9.17) is 14.2 Å². The van der Waals surface area contributed by atoms with E-state index in [0.29, 0.717) is 0 Å². The van der Waals surface area contributed by atoms with E-state index in [-0.39, 0.29) is 12.0 Å². The van der Waals surface area contributed by atoms with E-state index in [1.54, 1.807) is 30.2 Å². The first kappa shape index (κ1) is 25.4. The molecule has 1 aromatic heterocycles. The van der Waals surface area contributed by atoms with Crippen molar-refractivity contribution in [3.63, 3.8) is 0 Å². The minimum Gasteiger partial charge on any atom is -0.497 e. The maximum atomic E-state index is 6.66. The standard InChI is InChI=1S/C30H35NO3S2/c1-21-19-24(9-12-27(21)33-18-17-31-15-5-4-6-16-31)34-30-25-11-8-23(32-2)20-22(25)7-10-26(30)28-13-14-29(35-3)36-28/h7-14,19-21,27H,4-6,15-18H2,1-3H3. The molecule has 0 N–H and O–H groups in total. The summed E-state index contributed by atoms with van der Waals surface area (Å²) in [6.45, 7) is 6.41. The summed E-state index contributed by atoms with van der Waals surface area (Å²) in [5.74, 6) is 2.84. The molecule has 0 radical (unpaired) electrons. The van der Waals surface area contributed by atoms with E-state index >= 15 is 0 Å². The highest BCUT2D eigenvalue weighted by Gasteiger charge is 2.21. The third-order valence-corrected chi connectivity index (χ3v) is 9.21. The van der Waals surface area contributed by atoms with Gasteiger partial charge in [-0.1, -0.05) is 25.5 Å². The quantitative estimate of drug-likeness (QED) is 0.270. The Kier molecular flexibility index (Phi) is 8.37. The van der Waals surface area contributed by atoms with Crippen molar-refractivity contribution in [2.24, 2.45) is 5.92 Å². The smallest absolute Gasteiger partial charge is 0.143 e. The van der Waals surface area contributed by atoms with E-state index < -0.39 is 0 Å². The van der Waals surface area contributed by atoms with Gasteiger partial charge in [-0.3, -0.25) is 0 Å². The topological polar surface area (TPSA) is 30.9 Å². The number of likely N-dealkylation sites (tertiary alicyclic amines) is 1. The van der Waals surface area contributed by atoms with E-state index in [2.05, 4.69) is 72.7 Å². The van der Waals surface area contributed by atoms with Gasteiger partial charge in [-0.25, -0.2) is 0 Å². The number of rotatable bonds is 9. The minimum absolute atomic E-state index is 0.0832. The zero-order valence-electron chi connectivity index (χ0n) is 21.4. The molecule has 0 amide bonds. The van der Waals surface area contributed by atoms with Crippen LogP contribution in [-0.4, -0.2) is 50.6 Å². The van der Waals surface area contributed by atoms with E-state index in [1.807, 2.05) is 6.07 Å². The first-order valence-corrected chi connectivity index (χ1v) is 14.9. The summed E-state index contributed by atoms with van der Waals surface area (Å²) in [5, 5.41) is 2.18. The molecular weight excluding hydrogens is 486 g/mol. The molecule has 190 valence electrons. The van der Waals surface area contributed by atoms with Gasteiger partial charge in [0.05, 0.1) is 24.0 Å². The van der Waals surface area contributed by atoms with Crippen LogP contribution in [0.3, 0.4) is 0 Å². The van der Waals surface area contributed by atoms with Gasteiger partial charge in [0.2, 0.25) is 0 Å². The van der Waals surface area contributed by atoms with Crippen molar-refractivity contribution in [3.05, 3.63) is 66.5 Å². The zero-order valence-corrected chi connectivity index (χ0v) is 23.0. The molecular formula is C30H35NO3S2. The molecule has 2 atom stereocenters. The van der Waals surface area contributed by atoms with Crippen molar-refractivity contribution < 1.29 is 14.2 Å². The summed E-state index contributed by atoms with van der Waals surface area (Å²) in [4.78, 5) is 3.73. The van der Waals surface area contributed by atoms with E-state index in [1.165, 1.54) is 41.4 Å². The zero-order chi connectivity index (χ0) is 24.9. The predicted octanol–water partition coefficient (Wildman–Crippen LogP) is 7.64. The molecule has 3 aromatic rings. The molecule has 1 saturated heterocycles. The van der Waals surface area contributed by atoms with E-state index in [9.17, 15) is 0 Å². The average molecular weight is 522 g/mol. The summed E-state index contributed by atoms with van der Waals surface area (Å²) < 4.78 is 19.7. The van der Waals surface area contributed by atoms with Crippen molar-refractivity contribution in [1.29, 1.82) is 0 Å². The second kappa shape index (κ2) is 11.9. The van der Waals surface area contributed by atoms with Crippen LogP contribution in [0.1, 0.15) is 26.2 Å². The van der Waals surface area contributed by atoms with Crippen molar-refractivity contribution in [3.8, 4) is 21.9 Å². The summed E-state index contributed by atoms with van der Waals surface area (Å²) in [6.07, 6.45) is 12.6. The molecule has 5 rings (SSSR count). The number of allylic oxidation sites excluding steroid dienone is 1. The van der Waals surface area contributed by atoms with Gasteiger partial charge in [0.25, 0.3) is 0 Å². The monoisotopic (exact) mass is 521 g/mol. The second-order valence-corrected chi connectivity index (χ2v) is 11.7. The van der Waals surface area contributed by atoms with Crippen molar-refractivity contribution >= 4 is 33.9 Å².